The number of allylic oxidation sites excluding steroid dienone is 9. The Morgan fingerprint density at radius 2 is 1.89 bits per heavy atom. The van der Waals surface area contributed by atoms with E-state index in [4.69, 9.17) is 5.11 Å². The highest BCUT2D eigenvalue weighted by Gasteiger charge is 2.06. The maximum absolute atomic E-state index is 8.53. The van der Waals surface area contributed by atoms with Crippen molar-refractivity contribution in [1.29, 1.82) is 0 Å². The molecule has 0 aromatic rings. The molecule has 0 amide bonds. The molecule has 0 saturated heterocycles. The van der Waals surface area contributed by atoms with E-state index in [1.807, 2.05) is 6.08 Å². The monoisotopic (exact) mass is 403 g/mol. The first-order valence-electron chi connectivity index (χ1n) is 9.38. The number of hydrogen-bond donors (Lipinski definition) is 3. The van der Waals surface area contributed by atoms with Crippen molar-refractivity contribution in [2.75, 3.05) is 6.61 Å². The number of nitrogens with zero attached hydrogens (tertiary/aromatic N) is 1. The van der Waals surface area contributed by atoms with Gasteiger partial charge >= 0.3 is 0 Å². The average molecular weight is 404 g/mol. The van der Waals surface area contributed by atoms with E-state index in [-0.39, 0.29) is 6.61 Å². The van der Waals surface area contributed by atoms with E-state index in [0.29, 0.717) is 5.41 Å². The van der Waals surface area contributed by atoms with Crippen LogP contribution in [0.3, 0.4) is 0 Å². The van der Waals surface area contributed by atoms with Gasteiger partial charge in [-0.2, -0.15) is 5.10 Å². The van der Waals surface area contributed by atoms with Crippen molar-refractivity contribution < 1.29 is 5.11 Å². The van der Waals surface area contributed by atoms with Crippen molar-refractivity contribution in [3.63, 3.8) is 0 Å². The predicted octanol–water partition coefficient (Wildman–Crippen LogP) is 5.58. The first-order chi connectivity index (χ1) is 13.4. The maximum Gasteiger partial charge on any atom is 0.0615 e. The summed E-state index contributed by atoms with van der Waals surface area (Å²) < 4.78 is 0. The zero-order valence-electron chi connectivity index (χ0n) is 17.8. The van der Waals surface area contributed by atoms with Gasteiger partial charge in [-0.3, -0.25) is 5.43 Å². The fraction of sp³-hybridized carbons (Fsp3) is 0.391. The van der Waals surface area contributed by atoms with Crippen LogP contribution >= 0.6 is 12.2 Å². The Bertz CT molecular complexity index is 535. The van der Waals surface area contributed by atoms with Gasteiger partial charge in [0.25, 0.3) is 0 Å². The molecule has 0 atom stereocenters. The lowest BCUT2D eigenvalue weighted by Gasteiger charge is -2.14. The summed E-state index contributed by atoms with van der Waals surface area (Å²) in [4.78, 5) is 0. The molecule has 0 unspecified atom stereocenters. The lowest BCUT2D eigenvalue weighted by atomic mass is 9.91. The fourth-order valence-electron chi connectivity index (χ4n) is 1.57. The third kappa shape index (κ3) is 28.6. The van der Waals surface area contributed by atoms with Crippen LogP contribution < -0.4 is 11.0 Å². The largest absolute Gasteiger partial charge is 0.392 e. The van der Waals surface area contributed by atoms with E-state index in [9.17, 15) is 0 Å². The number of nitrogens with one attached hydrogen (secondary N) is 2. The number of hydrogen-bond acceptors (Lipinski definition) is 5. The molecule has 0 aliphatic heterocycles. The lowest BCUT2D eigenvalue weighted by Crippen LogP contribution is -2.20. The van der Waals surface area contributed by atoms with Crippen LogP contribution in [-0.4, -0.2) is 23.3 Å². The van der Waals surface area contributed by atoms with Crippen molar-refractivity contribution in [2.45, 2.75) is 47.0 Å². The quantitative estimate of drug-likeness (QED) is 0.124. The molecule has 3 N–H and O–H groups in total. The standard InChI is InChI=1S/C11H20O.C6H9N3S.C6H8/c1-10(6-5-9-12)7-8-11(2,3)4;1-2-4-7-9-8-5-3-6-10;1-2-4-6-5-3-1/h5-7,12H,8-9H2,1-4H3;2-6,8-9H,1H2;1-4H,5-6H2/b6-5-,10-7-;5-3?,7-4+;. The Hall–Kier alpha value is -2.24. The van der Waals surface area contributed by atoms with Crippen LogP contribution in [0.5, 0.6) is 0 Å². The second-order valence-electron chi connectivity index (χ2n) is 7.00. The minimum absolute atomic E-state index is 0.126. The molecule has 1 aliphatic rings. The minimum Gasteiger partial charge on any atom is -0.392 e. The summed E-state index contributed by atoms with van der Waals surface area (Å²) in [7, 11) is 0. The molecule has 0 aromatic carbocycles. The highest BCUT2D eigenvalue weighted by atomic mass is 32.1. The van der Waals surface area contributed by atoms with Crippen LogP contribution in [0, 0.1) is 5.41 Å². The molecule has 1 rings (SSSR count). The Labute approximate surface area is 177 Å². The van der Waals surface area contributed by atoms with Crippen LogP contribution in [0.15, 0.2) is 78.1 Å². The van der Waals surface area contributed by atoms with Crippen LogP contribution in [0.25, 0.3) is 0 Å². The first-order valence-corrected chi connectivity index (χ1v) is 9.85. The number of rotatable bonds is 8. The van der Waals surface area contributed by atoms with Crippen LogP contribution in [0.1, 0.15) is 47.0 Å². The zero-order valence-corrected chi connectivity index (χ0v) is 18.6. The molecule has 28 heavy (non-hydrogen) atoms. The molecule has 0 heterocycles. The van der Waals surface area contributed by atoms with Gasteiger partial charge < -0.3 is 5.11 Å². The van der Waals surface area contributed by atoms with Gasteiger partial charge in [0, 0.05) is 17.8 Å². The van der Waals surface area contributed by atoms with E-state index in [1.54, 1.807) is 24.4 Å². The summed E-state index contributed by atoms with van der Waals surface area (Å²) in [6, 6.07) is 0. The van der Waals surface area contributed by atoms with Gasteiger partial charge in [-0.15, -0.1) is 0 Å². The summed E-state index contributed by atoms with van der Waals surface area (Å²) in [5.41, 5.74) is 6.74. The molecule has 0 saturated carbocycles. The number of hydrazine groups is 1. The third-order valence-corrected chi connectivity index (χ3v) is 3.13. The number of aliphatic hydroxyl groups is 1. The second-order valence-corrected chi connectivity index (χ2v) is 7.27. The maximum atomic E-state index is 8.53. The highest BCUT2D eigenvalue weighted by Crippen LogP contribution is 2.19. The topological polar surface area (TPSA) is 56.7 Å². The van der Waals surface area contributed by atoms with Crippen molar-refractivity contribution in [1.82, 2.24) is 11.0 Å². The van der Waals surface area contributed by atoms with Gasteiger partial charge in [0.2, 0.25) is 0 Å². The number of thiocarbonyl (C=S) groups is 1. The number of hydrazone groups is 1. The molecular weight excluding hydrogens is 366 g/mol. The van der Waals surface area contributed by atoms with Crippen LogP contribution in [-0.2, 0) is 0 Å². The van der Waals surface area contributed by atoms with Crippen LogP contribution in [0.4, 0.5) is 0 Å². The fourth-order valence-corrected chi connectivity index (χ4v) is 1.65. The van der Waals surface area contributed by atoms with Gasteiger partial charge in [-0.05, 0) is 43.8 Å². The molecule has 0 spiro atoms. The van der Waals surface area contributed by atoms with Gasteiger partial charge in [0.15, 0.2) is 0 Å². The summed E-state index contributed by atoms with van der Waals surface area (Å²) in [6.07, 6.45) is 24.4. The molecule has 0 radical (unpaired) electrons. The summed E-state index contributed by atoms with van der Waals surface area (Å²) >= 11 is 4.52. The molecule has 156 valence electrons. The predicted molar refractivity (Wildman–Crippen MR) is 129 cm³/mol. The summed E-state index contributed by atoms with van der Waals surface area (Å²) in [5.74, 6) is 0. The molecule has 1 aliphatic carbocycles. The molecule has 0 aromatic heterocycles. The van der Waals surface area contributed by atoms with E-state index in [1.165, 1.54) is 30.0 Å². The molecule has 0 bridgehead atoms. The van der Waals surface area contributed by atoms with E-state index in [0.717, 1.165) is 6.42 Å². The highest BCUT2D eigenvalue weighted by molar-refractivity contribution is 7.79. The average Bonchev–Trinajstić information content (AvgIpc) is 2.69. The molecule has 4 nitrogen and oxygen atoms in total. The Balaban J connectivity index is 0. The number of aliphatic hydroxyl groups excluding tert-OH is 1. The normalized spacial score (nSPS) is 13.7. The van der Waals surface area contributed by atoms with Gasteiger partial charge in [-0.25, -0.2) is 5.53 Å². The van der Waals surface area contributed by atoms with Crippen LogP contribution in [0.2, 0.25) is 0 Å². The third-order valence-electron chi connectivity index (χ3n) is 2.97. The SMILES string of the molecule is C1=CCCC=C1.C=C/C=N/NNC=CC=S.CC(/C=C\CO)=C/CC(C)(C)C. The zero-order chi connectivity index (χ0) is 21.5. The van der Waals surface area contributed by atoms with Crippen molar-refractivity contribution >= 4 is 23.8 Å². The van der Waals surface area contributed by atoms with Gasteiger partial charge in [0.1, 0.15) is 0 Å². The summed E-state index contributed by atoms with van der Waals surface area (Å²) in [6.45, 7) is 12.3. The lowest BCUT2D eigenvalue weighted by molar-refractivity contribution is 0.342. The van der Waals surface area contributed by atoms with E-state index >= 15 is 0 Å². The Morgan fingerprint density at radius 1 is 1.25 bits per heavy atom. The van der Waals surface area contributed by atoms with Crippen molar-refractivity contribution in [3.8, 4) is 0 Å². The van der Waals surface area contributed by atoms with Gasteiger partial charge in [-0.1, -0.05) is 87.7 Å². The minimum atomic E-state index is 0.126. The van der Waals surface area contributed by atoms with E-state index < -0.39 is 0 Å². The second kappa shape index (κ2) is 21.1. The molecule has 0 fully saturated rings. The Morgan fingerprint density at radius 3 is 2.32 bits per heavy atom. The Kier molecular flexibility index (Phi) is 21.0. The molecule has 5 heteroatoms. The molecular formula is C23H37N3OS. The summed E-state index contributed by atoms with van der Waals surface area (Å²) in [5, 5.41) is 13.7. The van der Waals surface area contributed by atoms with Gasteiger partial charge in [0.05, 0.1) is 6.61 Å². The first kappa shape index (κ1) is 28.0. The van der Waals surface area contributed by atoms with Crippen molar-refractivity contribution in [2.24, 2.45) is 10.5 Å². The van der Waals surface area contributed by atoms with E-state index in [2.05, 4.69) is 92.9 Å². The smallest absolute Gasteiger partial charge is 0.0615 e. The van der Waals surface area contributed by atoms with Crippen molar-refractivity contribution in [3.05, 3.63) is 73.0 Å².